The molecule has 2 aromatic heterocycles. The molecule has 174 valence electrons. The zero-order valence-electron chi connectivity index (χ0n) is 18.9. The summed E-state index contributed by atoms with van der Waals surface area (Å²) in [6.07, 6.45) is 1.55. The summed E-state index contributed by atoms with van der Waals surface area (Å²) in [5, 5.41) is 3.26. The molecule has 1 saturated heterocycles. The SMILES string of the molecule is CCn1c(=O)[nH]c2cc(CN3CCN(c4cnc(C(=O)NC)c(F)c4)CC3C)ccc2c1=S. The average Bonchev–Trinajstić information content (AvgIpc) is 2.80. The van der Waals surface area contributed by atoms with Gasteiger partial charge >= 0.3 is 5.69 Å². The normalized spacial score (nSPS) is 16.8. The molecule has 1 unspecified atom stereocenters. The molecule has 3 aromatic rings. The van der Waals surface area contributed by atoms with Crippen LogP contribution in [0, 0.1) is 10.5 Å². The highest BCUT2D eigenvalue weighted by Crippen LogP contribution is 2.23. The molecule has 1 fully saturated rings. The van der Waals surface area contributed by atoms with Gasteiger partial charge in [0.05, 0.1) is 17.4 Å². The van der Waals surface area contributed by atoms with Crippen LogP contribution < -0.4 is 15.9 Å². The number of aromatic nitrogens is 3. The predicted octanol–water partition coefficient (Wildman–Crippen LogP) is 2.68. The van der Waals surface area contributed by atoms with Crippen molar-refractivity contribution >= 4 is 34.7 Å². The first kappa shape index (κ1) is 23.1. The summed E-state index contributed by atoms with van der Waals surface area (Å²) in [6.45, 7) is 7.48. The van der Waals surface area contributed by atoms with Crippen LogP contribution in [-0.2, 0) is 13.1 Å². The van der Waals surface area contributed by atoms with Gasteiger partial charge < -0.3 is 15.2 Å². The molecule has 0 bridgehead atoms. The second kappa shape index (κ2) is 9.40. The van der Waals surface area contributed by atoms with Gasteiger partial charge in [0.2, 0.25) is 0 Å². The van der Waals surface area contributed by atoms with Crippen LogP contribution in [-0.4, -0.2) is 58.1 Å². The van der Waals surface area contributed by atoms with Crippen LogP contribution in [0.3, 0.4) is 0 Å². The number of rotatable bonds is 5. The Bertz CT molecular complexity index is 1320. The predicted molar refractivity (Wildman–Crippen MR) is 129 cm³/mol. The van der Waals surface area contributed by atoms with Gasteiger partial charge in [0.1, 0.15) is 4.64 Å². The van der Waals surface area contributed by atoms with Gasteiger partial charge in [-0.1, -0.05) is 18.3 Å². The van der Waals surface area contributed by atoms with E-state index in [-0.39, 0.29) is 17.4 Å². The van der Waals surface area contributed by atoms with Gasteiger partial charge in [-0.25, -0.2) is 14.2 Å². The Kier molecular flexibility index (Phi) is 6.57. The number of nitrogens with one attached hydrogen (secondary N) is 2. The second-order valence-electron chi connectivity index (χ2n) is 8.23. The van der Waals surface area contributed by atoms with Crippen molar-refractivity contribution in [1.82, 2.24) is 24.8 Å². The molecule has 1 aromatic carbocycles. The molecule has 0 saturated carbocycles. The van der Waals surface area contributed by atoms with Crippen molar-refractivity contribution in [3.63, 3.8) is 0 Å². The van der Waals surface area contributed by atoms with Crippen molar-refractivity contribution in [2.45, 2.75) is 33.0 Å². The van der Waals surface area contributed by atoms with Gasteiger partial charge in [-0.05, 0) is 31.5 Å². The van der Waals surface area contributed by atoms with Gasteiger partial charge in [0.15, 0.2) is 11.5 Å². The monoisotopic (exact) mass is 470 g/mol. The number of aromatic amines is 1. The maximum Gasteiger partial charge on any atom is 0.326 e. The molecule has 10 heteroatoms. The first-order valence-corrected chi connectivity index (χ1v) is 11.4. The Hall–Kier alpha value is -3.11. The molecule has 0 spiro atoms. The van der Waals surface area contributed by atoms with Gasteiger partial charge in [0.25, 0.3) is 5.91 Å². The highest BCUT2D eigenvalue weighted by atomic mass is 32.1. The molecule has 33 heavy (non-hydrogen) atoms. The lowest BCUT2D eigenvalue weighted by molar-refractivity contribution is 0.0953. The van der Waals surface area contributed by atoms with E-state index in [0.717, 1.165) is 29.6 Å². The number of carbonyl (C=O) groups is 1. The molecular weight excluding hydrogens is 443 g/mol. The molecule has 8 nitrogen and oxygen atoms in total. The van der Waals surface area contributed by atoms with Gasteiger partial charge in [-0.2, -0.15) is 0 Å². The number of fused-ring (bicyclic) bond motifs is 1. The number of carbonyl (C=O) groups excluding carboxylic acids is 1. The maximum absolute atomic E-state index is 14.3. The molecular formula is C23H27FN6O2S. The summed E-state index contributed by atoms with van der Waals surface area (Å²) in [6, 6.07) is 7.59. The lowest BCUT2D eigenvalue weighted by Gasteiger charge is -2.41. The third-order valence-electron chi connectivity index (χ3n) is 6.15. The van der Waals surface area contributed by atoms with E-state index < -0.39 is 11.7 Å². The molecule has 3 heterocycles. The van der Waals surface area contributed by atoms with Crippen LogP contribution in [0.5, 0.6) is 0 Å². The van der Waals surface area contributed by atoms with Crippen molar-refractivity contribution in [1.29, 1.82) is 0 Å². The quantitative estimate of drug-likeness (QED) is 0.558. The van der Waals surface area contributed by atoms with Crippen LogP contribution in [0.2, 0.25) is 0 Å². The number of benzene rings is 1. The van der Waals surface area contributed by atoms with Gasteiger partial charge in [0, 0.05) is 57.3 Å². The molecule has 0 aliphatic carbocycles. The van der Waals surface area contributed by atoms with Gasteiger partial charge in [-0.15, -0.1) is 0 Å². The van der Waals surface area contributed by atoms with Crippen molar-refractivity contribution in [3.8, 4) is 0 Å². The second-order valence-corrected chi connectivity index (χ2v) is 8.61. The smallest absolute Gasteiger partial charge is 0.326 e. The van der Waals surface area contributed by atoms with E-state index in [4.69, 9.17) is 12.2 Å². The summed E-state index contributed by atoms with van der Waals surface area (Å²) < 4.78 is 16.4. The Morgan fingerprint density at radius 1 is 1.33 bits per heavy atom. The zero-order chi connectivity index (χ0) is 23.7. The average molecular weight is 471 g/mol. The molecule has 2 N–H and O–H groups in total. The number of piperazine rings is 1. The summed E-state index contributed by atoms with van der Waals surface area (Å²) in [4.78, 5) is 35.3. The Labute approximate surface area is 196 Å². The van der Waals surface area contributed by atoms with Crippen LogP contribution in [0.4, 0.5) is 10.1 Å². The van der Waals surface area contributed by atoms with Crippen LogP contribution >= 0.6 is 12.2 Å². The molecule has 1 atom stereocenters. The number of anilines is 1. The fourth-order valence-electron chi connectivity index (χ4n) is 4.27. The topological polar surface area (TPSA) is 86.3 Å². The number of nitrogens with zero attached hydrogens (tertiary/aromatic N) is 4. The van der Waals surface area contributed by atoms with Crippen molar-refractivity contribution in [2.75, 3.05) is 31.6 Å². The Morgan fingerprint density at radius 3 is 2.79 bits per heavy atom. The minimum Gasteiger partial charge on any atom is -0.367 e. The van der Waals surface area contributed by atoms with Crippen LogP contribution in [0.1, 0.15) is 29.9 Å². The standard InChI is InChI=1S/C23H27FN6O2S/c1-4-30-22(33)17-6-5-15(9-19(17)27-23(30)32)13-28-7-8-29(12-14(28)2)16-10-18(24)20(26-11-16)21(31)25-3/h5-6,9-11,14H,4,7-8,12-13H2,1-3H3,(H,25,31)(H,27,32). The van der Waals surface area contributed by atoms with E-state index >= 15 is 0 Å². The number of hydrogen-bond donors (Lipinski definition) is 2. The summed E-state index contributed by atoms with van der Waals surface area (Å²) >= 11 is 5.47. The third kappa shape index (κ3) is 4.53. The molecule has 1 aliphatic rings. The number of pyridine rings is 1. The Morgan fingerprint density at radius 2 is 2.12 bits per heavy atom. The van der Waals surface area contributed by atoms with E-state index in [1.807, 2.05) is 25.1 Å². The highest BCUT2D eigenvalue weighted by Gasteiger charge is 2.25. The number of hydrogen-bond acceptors (Lipinski definition) is 6. The van der Waals surface area contributed by atoms with E-state index in [9.17, 15) is 14.0 Å². The first-order valence-electron chi connectivity index (χ1n) is 10.9. The van der Waals surface area contributed by atoms with Crippen molar-refractivity contribution in [3.05, 3.63) is 62.7 Å². The lowest BCUT2D eigenvalue weighted by atomic mass is 10.1. The zero-order valence-corrected chi connectivity index (χ0v) is 19.7. The number of halogens is 1. The maximum atomic E-state index is 14.3. The highest BCUT2D eigenvalue weighted by molar-refractivity contribution is 7.71. The fraction of sp³-hybridized carbons (Fsp3) is 0.391. The number of H-pyrrole nitrogens is 1. The molecule has 0 radical (unpaired) electrons. The van der Waals surface area contributed by atoms with Gasteiger partial charge in [-0.3, -0.25) is 14.3 Å². The minimum absolute atomic E-state index is 0.197. The molecule has 4 rings (SSSR count). The minimum atomic E-state index is -0.627. The van der Waals surface area contributed by atoms with E-state index in [2.05, 4.69) is 32.0 Å². The third-order valence-corrected chi connectivity index (χ3v) is 6.59. The Balaban J connectivity index is 1.48. The first-order chi connectivity index (χ1) is 15.8. The molecule has 1 aliphatic heterocycles. The summed E-state index contributed by atoms with van der Waals surface area (Å²) in [7, 11) is 1.45. The summed E-state index contributed by atoms with van der Waals surface area (Å²) in [5.74, 6) is -1.17. The summed E-state index contributed by atoms with van der Waals surface area (Å²) in [5.41, 5.74) is 2.10. The van der Waals surface area contributed by atoms with E-state index in [1.54, 1.807) is 10.8 Å². The largest absolute Gasteiger partial charge is 0.367 e. The fourth-order valence-corrected chi connectivity index (χ4v) is 4.66. The lowest BCUT2D eigenvalue weighted by Crippen LogP contribution is -2.51. The van der Waals surface area contributed by atoms with Crippen molar-refractivity contribution < 1.29 is 9.18 Å². The van der Waals surface area contributed by atoms with Crippen LogP contribution in [0.15, 0.2) is 35.3 Å². The number of amides is 1. The van der Waals surface area contributed by atoms with Crippen molar-refractivity contribution in [2.24, 2.45) is 0 Å². The van der Waals surface area contributed by atoms with Crippen LogP contribution in [0.25, 0.3) is 10.9 Å². The molecule has 1 amide bonds. The van der Waals surface area contributed by atoms with E-state index in [1.165, 1.54) is 13.1 Å². The van der Waals surface area contributed by atoms with E-state index in [0.29, 0.717) is 30.0 Å².